The Morgan fingerprint density at radius 1 is 0.727 bits per heavy atom. The first kappa shape index (κ1) is 14.0. The number of fused-ring (bicyclic) bond motifs is 3. The summed E-state index contributed by atoms with van der Waals surface area (Å²) in [7, 11) is 0. The Kier molecular flexibility index (Phi) is 3.15. The zero-order valence-corrected chi connectivity index (χ0v) is 14.9. The van der Waals surface area contributed by atoms with E-state index < -0.39 is 0 Å². The van der Waals surface area contributed by atoms with Gasteiger partial charge in [-0.15, -0.1) is 0 Å². The van der Waals surface area contributed by atoms with Crippen LogP contribution in [-0.2, 0) is 3.42 Å². The summed E-state index contributed by atoms with van der Waals surface area (Å²) in [5.41, 5.74) is 9.54. The van der Waals surface area contributed by atoms with Gasteiger partial charge in [0.15, 0.2) is 0 Å². The predicted octanol–water partition coefficient (Wildman–Crippen LogP) is 6.34. The quantitative estimate of drug-likeness (QED) is 0.333. The number of aryl methyl sites for hydroxylation is 1. The Labute approximate surface area is 145 Å². The summed E-state index contributed by atoms with van der Waals surface area (Å²) in [6, 6.07) is 24.4. The molecule has 0 saturated carbocycles. The van der Waals surface area contributed by atoms with E-state index in [0.717, 1.165) is 0 Å². The van der Waals surface area contributed by atoms with Crippen LogP contribution in [0.4, 0.5) is 0 Å². The molecule has 0 saturated heterocycles. The highest BCUT2D eigenvalue weighted by Gasteiger charge is 2.37. The van der Waals surface area contributed by atoms with E-state index >= 15 is 0 Å². The van der Waals surface area contributed by atoms with Gasteiger partial charge in [-0.3, -0.25) is 0 Å². The molecule has 4 rings (SSSR count). The van der Waals surface area contributed by atoms with Crippen LogP contribution in [0.25, 0.3) is 22.3 Å². The lowest BCUT2D eigenvalue weighted by Crippen LogP contribution is -2.10. The average molecular weight is 396 g/mol. The minimum absolute atomic E-state index is 0.0409. The predicted molar refractivity (Wildman–Crippen MR) is 103 cm³/mol. The summed E-state index contributed by atoms with van der Waals surface area (Å²) < 4.78 is 0.0409. The van der Waals surface area contributed by atoms with Gasteiger partial charge in [-0.1, -0.05) is 88.8 Å². The maximum Gasteiger partial charge on any atom is 0.0702 e. The number of halogens is 1. The van der Waals surface area contributed by atoms with Crippen LogP contribution in [0.3, 0.4) is 0 Å². The molecule has 0 amide bonds. The zero-order valence-electron chi connectivity index (χ0n) is 12.7. The number of rotatable bonds is 1. The van der Waals surface area contributed by atoms with E-state index in [1.807, 2.05) is 0 Å². The lowest BCUT2D eigenvalue weighted by atomic mass is 9.95. The van der Waals surface area contributed by atoms with E-state index in [0.29, 0.717) is 0 Å². The Morgan fingerprint density at radius 3 is 2.09 bits per heavy atom. The van der Waals surface area contributed by atoms with Crippen LogP contribution >= 0.6 is 22.6 Å². The van der Waals surface area contributed by atoms with Gasteiger partial charge in [0, 0.05) is 0 Å². The molecule has 1 unspecified atom stereocenters. The van der Waals surface area contributed by atoms with Gasteiger partial charge in [-0.2, -0.15) is 0 Å². The molecule has 3 aromatic carbocycles. The van der Waals surface area contributed by atoms with E-state index in [9.17, 15) is 0 Å². The Morgan fingerprint density at radius 2 is 1.36 bits per heavy atom. The highest BCUT2D eigenvalue weighted by molar-refractivity contribution is 14.1. The molecule has 0 nitrogen and oxygen atoms in total. The first-order chi connectivity index (χ1) is 10.6. The van der Waals surface area contributed by atoms with Crippen molar-refractivity contribution in [2.24, 2.45) is 0 Å². The molecule has 108 valence electrons. The summed E-state index contributed by atoms with van der Waals surface area (Å²) in [5, 5.41) is 0. The van der Waals surface area contributed by atoms with E-state index in [1.54, 1.807) is 0 Å². The molecule has 0 radical (unpaired) electrons. The molecule has 0 N–H and O–H groups in total. The molecule has 1 aliphatic rings. The lowest BCUT2D eigenvalue weighted by molar-refractivity contribution is 0.914. The van der Waals surface area contributed by atoms with Crippen LogP contribution in [0.1, 0.15) is 23.6 Å². The van der Waals surface area contributed by atoms with Crippen molar-refractivity contribution in [2.45, 2.75) is 17.3 Å². The third kappa shape index (κ3) is 2.03. The Hall–Kier alpha value is -1.61. The summed E-state index contributed by atoms with van der Waals surface area (Å²) in [6.07, 6.45) is 0. The molecular weight excluding hydrogens is 379 g/mol. The van der Waals surface area contributed by atoms with Crippen LogP contribution < -0.4 is 0 Å². The molecule has 1 atom stereocenters. The maximum absolute atomic E-state index is 2.60. The van der Waals surface area contributed by atoms with Crippen molar-refractivity contribution in [1.82, 2.24) is 0 Å². The SMILES string of the molecule is Cc1ccc2c(c1)C(C)(I)c1cc(-c3ccccc3)ccc1-2. The van der Waals surface area contributed by atoms with Crippen molar-refractivity contribution >= 4 is 22.6 Å². The van der Waals surface area contributed by atoms with Gasteiger partial charge in [0.1, 0.15) is 0 Å². The fourth-order valence-electron chi connectivity index (χ4n) is 3.40. The molecule has 0 heterocycles. The first-order valence-corrected chi connectivity index (χ1v) is 8.65. The van der Waals surface area contributed by atoms with Gasteiger partial charge in [0.05, 0.1) is 3.42 Å². The van der Waals surface area contributed by atoms with E-state index in [2.05, 4.69) is 103 Å². The van der Waals surface area contributed by atoms with Crippen molar-refractivity contribution in [2.75, 3.05) is 0 Å². The highest BCUT2D eigenvalue weighted by Crippen LogP contribution is 2.53. The minimum Gasteiger partial charge on any atom is -0.0686 e. The van der Waals surface area contributed by atoms with Crippen LogP contribution in [0, 0.1) is 6.92 Å². The lowest BCUT2D eigenvalue weighted by Gasteiger charge is -2.20. The van der Waals surface area contributed by atoms with Gasteiger partial charge >= 0.3 is 0 Å². The van der Waals surface area contributed by atoms with Crippen LogP contribution in [0.2, 0.25) is 0 Å². The van der Waals surface area contributed by atoms with Crippen molar-refractivity contribution in [3.63, 3.8) is 0 Å². The monoisotopic (exact) mass is 396 g/mol. The number of hydrogen-bond donors (Lipinski definition) is 0. The van der Waals surface area contributed by atoms with Crippen LogP contribution in [0.15, 0.2) is 66.7 Å². The van der Waals surface area contributed by atoms with Crippen molar-refractivity contribution in [3.05, 3.63) is 83.4 Å². The van der Waals surface area contributed by atoms with Crippen molar-refractivity contribution in [3.8, 4) is 22.3 Å². The van der Waals surface area contributed by atoms with Crippen molar-refractivity contribution in [1.29, 1.82) is 0 Å². The maximum atomic E-state index is 2.60. The standard InChI is InChI=1S/C21H17I/c1-14-8-10-17-18-11-9-16(15-6-4-3-5-7-15)13-20(18)21(2,22)19(17)12-14/h3-13H,1-2H3. The van der Waals surface area contributed by atoms with E-state index in [1.165, 1.54) is 38.9 Å². The van der Waals surface area contributed by atoms with Gasteiger partial charge < -0.3 is 0 Å². The fourth-order valence-corrected chi connectivity index (χ4v) is 4.30. The topological polar surface area (TPSA) is 0 Å². The third-order valence-corrected chi connectivity index (χ3v) is 5.77. The van der Waals surface area contributed by atoms with Crippen LogP contribution in [0.5, 0.6) is 0 Å². The molecular formula is C21H17I. The number of hydrogen-bond acceptors (Lipinski definition) is 0. The molecule has 22 heavy (non-hydrogen) atoms. The second-order valence-electron chi connectivity index (χ2n) is 6.18. The molecule has 1 aliphatic carbocycles. The van der Waals surface area contributed by atoms with E-state index in [-0.39, 0.29) is 3.42 Å². The van der Waals surface area contributed by atoms with Gasteiger partial charge in [-0.25, -0.2) is 0 Å². The third-order valence-electron chi connectivity index (χ3n) is 4.60. The normalized spacial score (nSPS) is 18.9. The average Bonchev–Trinajstić information content (AvgIpc) is 2.76. The van der Waals surface area contributed by atoms with Gasteiger partial charge in [0.2, 0.25) is 0 Å². The van der Waals surface area contributed by atoms with E-state index in [4.69, 9.17) is 0 Å². The number of alkyl halides is 1. The van der Waals surface area contributed by atoms with Gasteiger partial charge in [0.25, 0.3) is 0 Å². The smallest absolute Gasteiger partial charge is 0.0686 e. The molecule has 3 aromatic rings. The molecule has 0 aliphatic heterocycles. The molecule has 0 fully saturated rings. The fraction of sp³-hybridized carbons (Fsp3) is 0.143. The molecule has 0 spiro atoms. The molecule has 0 bridgehead atoms. The largest absolute Gasteiger partial charge is 0.0702 e. The summed E-state index contributed by atoms with van der Waals surface area (Å²) >= 11 is 2.60. The molecule has 1 heteroatoms. The zero-order chi connectivity index (χ0) is 15.3. The van der Waals surface area contributed by atoms with Gasteiger partial charge in [-0.05, 0) is 53.3 Å². The number of benzene rings is 3. The summed E-state index contributed by atoms with van der Waals surface area (Å²) in [6.45, 7) is 4.50. The second kappa shape index (κ2) is 4.95. The Balaban J connectivity index is 1.93. The first-order valence-electron chi connectivity index (χ1n) is 7.58. The second-order valence-corrected chi connectivity index (χ2v) is 8.34. The molecule has 0 aromatic heterocycles. The highest BCUT2D eigenvalue weighted by atomic mass is 127. The summed E-state index contributed by atoms with van der Waals surface area (Å²) in [5.74, 6) is 0. The van der Waals surface area contributed by atoms with Crippen LogP contribution in [-0.4, -0.2) is 0 Å². The summed E-state index contributed by atoms with van der Waals surface area (Å²) in [4.78, 5) is 0. The minimum atomic E-state index is 0.0409. The van der Waals surface area contributed by atoms with Crippen molar-refractivity contribution < 1.29 is 0 Å². The Bertz CT molecular complexity index is 860.